The summed E-state index contributed by atoms with van der Waals surface area (Å²) >= 11 is 18.1. The average Bonchev–Trinajstić information content (AvgIpc) is 2.55. The van der Waals surface area contributed by atoms with Crippen LogP contribution in [0.3, 0.4) is 0 Å². The van der Waals surface area contributed by atoms with Gasteiger partial charge in [0.2, 0.25) is 5.75 Å². The Labute approximate surface area is 171 Å². The number of hydrogen-bond donors (Lipinski definition) is 2. The third-order valence-electron chi connectivity index (χ3n) is 3.23. The number of nitro groups is 1. The first-order chi connectivity index (χ1) is 11.5. The zero-order valence-electron chi connectivity index (χ0n) is 13.4. The summed E-state index contributed by atoms with van der Waals surface area (Å²) in [7, 11) is 1.55. The molecule has 0 aliphatic carbocycles. The SMILES string of the molecule is COc1c(N)cc(Br)c(C)c1Cl.Cc1c(Br)cc([N+](=O)[O-])c(O)c1Cl. The fourth-order valence-corrected chi connectivity index (χ4v) is 3.33. The molecule has 0 aromatic heterocycles. The predicted molar refractivity (Wildman–Crippen MR) is 107 cm³/mol. The Morgan fingerprint density at radius 2 is 1.64 bits per heavy atom. The Morgan fingerprint density at radius 3 is 2.12 bits per heavy atom. The van der Waals surface area contributed by atoms with Crippen LogP contribution >= 0.6 is 55.1 Å². The number of hydrogen-bond acceptors (Lipinski definition) is 5. The van der Waals surface area contributed by atoms with Gasteiger partial charge in [0, 0.05) is 15.0 Å². The second-order valence-corrected chi connectivity index (χ2v) is 7.31. The zero-order chi connectivity index (χ0) is 19.5. The van der Waals surface area contributed by atoms with E-state index in [2.05, 4.69) is 31.9 Å². The summed E-state index contributed by atoms with van der Waals surface area (Å²) in [5.74, 6) is 0.0460. The van der Waals surface area contributed by atoms with E-state index in [1.54, 1.807) is 20.1 Å². The van der Waals surface area contributed by atoms with Crippen LogP contribution in [0.2, 0.25) is 10.0 Å². The second-order valence-electron chi connectivity index (χ2n) is 4.84. The van der Waals surface area contributed by atoms with E-state index in [1.807, 2.05) is 6.92 Å². The Balaban J connectivity index is 0.000000251. The Hall–Kier alpha value is -1.22. The lowest BCUT2D eigenvalue weighted by Gasteiger charge is -2.10. The Morgan fingerprint density at radius 1 is 1.16 bits per heavy atom. The summed E-state index contributed by atoms with van der Waals surface area (Å²) in [5, 5.41) is 20.2. The van der Waals surface area contributed by atoms with Gasteiger partial charge >= 0.3 is 5.69 Å². The average molecular weight is 517 g/mol. The van der Waals surface area contributed by atoms with Crippen molar-refractivity contribution in [3.8, 4) is 11.5 Å². The van der Waals surface area contributed by atoms with Crippen molar-refractivity contribution in [3.05, 3.63) is 52.4 Å². The van der Waals surface area contributed by atoms with Crippen molar-refractivity contribution in [2.45, 2.75) is 13.8 Å². The quantitative estimate of drug-likeness (QED) is 0.288. The lowest BCUT2D eigenvalue weighted by atomic mass is 10.2. The van der Waals surface area contributed by atoms with Gasteiger partial charge in [-0.15, -0.1) is 0 Å². The number of benzene rings is 2. The largest absolute Gasteiger partial charge is 0.501 e. The van der Waals surface area contributed by atoms with Crippen LogP contribution in [0.4, 0.5) is 11.4 Å². The molecule has 0 bridgehead atoms. The highest BCUT2D eigenvalue weighted by Crippen LogP contribution is 2.40. The molecule has 2 aromatic rings. The molecule has 2 aromatic carbocycles. The van der Waals surface area contributed by atoms with Gasteiger partial charge in [0.05, 0.1) is 27.8 Å². The maximum Gasteiger partial charge on any atom is 0.313 e. The van der Waals surface area contributed by atoms with Gasteiger partial charge < -0.3 is 15.6 Å². The number of rotatable bonds is 2. The molecule has 0 spiro atoms. The molecular formula is C15H14Br2Cl2N2O4. The highest BCUT2D eigenvalue weighted by atomic mass is 79.9. The van der Waals surface area contributed by atoms with Crippen LogP contribution in [-0.2, 0) is 0 Å². The fraction of sp³-hybridized carbons (Fsp3) is 0.200. The smallest absolute Gasteiger partial charge is 0.313 e. The molecule has 0 amide bonds. The fourth-order valence-electron chi connectivity index (χ4n) is 1.75. The number of methoxy groups -OCH3 is 1. The van der Waals surface area contributed by atoms with Gasteiger partial charge in [-0.2, -0.15) is 0 Å². The molecule has 0 aliphatic rings. The third kappa shape index (κ3) is 4.91. The summed E-state index contributed by atoms with van der Waals surface area (Å²) in [6.45, 7) is 3.55. The number of phenolic OH excluding ortho intramolecular Hbond substituents is 1. The molecule has 0 unspecified atom stereocenters. The van der Waals surface area contributed by atoms with Crippen LogP contribution in [0, 0.1) is 24.0 Å². The van der Waals surface area contributed by atoms with Gasteiger partial charge in [0.25, 0.3) is 0 Å². The van der Waals surface area contributed by atoms with Gasteiger partial charge in [0.1, 0.15) is 0 Å². The summed E-state index contributed by atoms with van der Waals surface area (Å²) in [5.41, 5.74) is 7.31. The summed E-state index contributed by atoms with van der Waals surface area (Å²) in [6.07, 6.45) is 0. The highest BCUT2D eigenvalue weighted by molar-refractivity contribution is 9.10. The number of anilines is 1. The minimum absolute atomic E-state index is 0.000995. The molecular weight excluding hydrogens is 503 g/mol. The molecule has 0 radical (unpaired) electrons. The summed E-state index contributed by atoms with van der Waals surface area (Å²) in [6, 6.07) is 3.00. The predicted octanol–water partition coefficient (Wildman–Crippen LogP) is 6.03. The Kier molecular flexibility index (Phi) is 7.80. The van der Waals surface area contributed by atoms with E-state index in [0.717, 1.165) is 10.0 Å². The maximum atomic E-state index is 10.4. The van der Waals surface area contributed by atoms with Crippen molar-refractivity contribution in [2.75, 3.05) is 12.8 Å². The van der Waals surface area contributed by atoms with E-state index in [-0.39, 0.29) is 5.02 Å². The van der Waals surface area contributed by atoms with E-state index in [9.17, 15) is 15.2 Å². The van der Waals surface area contributed by atoms with Crippen LogP contribution in [0.25, 0.3) is 0 Å². The van der Waals surface area contributed by atoms with Gasteiger partial charge in [-0.3, -0.25) is 10.1 Å². The molecule has 0 atom stereocenters. The molecule has 6 nitrogen and oxygen atoms in total. The molecule has 0 fully saturated rings. The highest BCUT2D eigenvalue weighted by Gasteiger charge is 2.20. The molecule has 0 saturated carbocycles. The van der Waals surface area contributed by atoms with Crippen molar-refractivity contribution in [2.24, 2.45) is 0 Å². The number of phenols is 1. The number of halogens is 4. The van der Waals surface area contributed by atoms with Crippen molar-refractivity contribution < 1.29 is 14.8 Å². The van der Waals surface area contributed by atoms with E-state index in [1.165, 1.54) is 6.07 Å². The van der Waals surface area contributed by atoms with E-state index in [4.69, 9.17) is 33.7 Å². The Bertz CT molecular complexity index is 832. The van der Waals surface area contributed by atoms with Gasteiger partial charge in [0.15, 0.2) is 5.75 Å². The van der Waals surface area contributed by atoms with Crippen LogP contribution in [0.1, 0.15) is 11.1 Å². The van der Waals surface area contributed by atoms with Gasteiger partial charge in [-0.1, -0.05) is 55.1 Å². The van der Waals surface area contributed by atoms with Crippen LogP contribution in [0.5, 0.6) is 11.5 Å². The molecule has 0 heterocycles. The second kappa shape index (κ2) is 8.93. The monoisotopic (exact) mass is 514 g/mol. The van der Waals surface area contributed by atoms with Crippen LogP contribution in [-0.4, -0.2) is 17.1 Å². The minimum Gasteiger partial charge on any atom is -0.501 e. The van der Waals surface area contributed by atoms with Crippen LogP contribution in [0.15, 0.2) is 21.1 Å². The molecule has 0 aliphatic heterocycles. The summed E-state index contributed by atoms with van der Waals surface area (Å²) in [4.78, 5) is 9.71. The van der Waals surface area contributed by atoms with Crippen molar-refractivity contribution in [1.29, 1.82) is 0 Å². The molecule has 2 rings (SSSR count). The van der Waals surface area contributed by atoms with Gasteiger partial charge in [-0.25, -0.2) is 0 Å². The molecule has 10 heteroatoms. The molecule has 25 heavy (non-hydrogen) atoms. The van der Waals surface area contributed by atoms with Crippen molar-refractivity contribution in [3.63, 3.8) is 0 Å². The van der Waals surface area contributed by atoms with E-state index >= 15 is 0 Å². The number of nitro benzene ring substituents is 1. The van der Waals surface area contributed by atoms with Crippen molar-refractivity contribution >= 4 is 66.4 Å². The summed E-state index contributed by atoms with van der Waals surface area (Å²) < 4.78 is 6.43. The lowest BCUT2D eigenvalue weighted by Crippen LogP contribution is -1.95. The molecule has 3 N–H and O–H groups in total. The number of nitrogen functional groups attached to an aromatic ring is 1. The third-order valence-corrected chi connectivity index (χ3v) is 5.80. The topological polar surface area (TPSA) is 98.6 Å². The minimum atomic E-state index is -0.689. The maximum absolute atomic E-state index is 10.4. The first-order valence-electron chi connectivity index (χ1n) is 6.62. The number of nitrogens with zero attached hydrogens (tertiary/aromatic N) is 1. The first-order valence-corrected chi connectivity index (χ1v) is 8.97. The lowest BCUT2D eigenvalue weighted by molar-refractivity contribution is -0.385. The first kappa shape index (κ1) is 21.8. The van der Waals surface area contributed by atoms with Gasteiger partial charge in [-0.05, 0) is 31.0 Å². The number of nitrogens with two attached hydrogens (primary N) is 1. The molecule has 0 saturated heterocycles. The van der Waals surface area contributed by atoms with Crippen molar-refractivity contribution in [1.82, 2.24) is 0 Å². The molecule has 136 valence electrons. The number of aromatic hydroxyl groups is 1. The zero-order valence-corrected chi connectivity index (χ0v) is 18.0. The van der Waals surface area contributed by atoms with Crippen LogP contribution < -0.4 is 10.5 Å². The standard InChI is InChI=1S/C8H9BrClNO.C7H5BrClNO3/c1-4-5(9)3-6(11)8(12-2)7(4)10;1-3-4(8)2-5(10(12)13)7(11)6(3)9/h3H,11H2,1-2H3;2,11H,1H3. The van der Waals surface area contributed by atoms with E-state index < -0.39 is 16.4 Å². The normalized spacial score (nSPS) is 10.0. The van der Waals surface area contributed by atoms with E-state index in [0.29, 0.717) is 26.5 Å². The number of ether oxygens (including phenoxy) is 1.